The summed E-state index contributed by atoms with van der Waals surface area (Å²) < 4.78 is 17.1. The molecule has 1 unspecified atom stereocenters. The fourth-order valence-electron chi connectivity index (χ4n) is 0.934. The SMILES string of the molecule is C[C@H](CC(=O)OC(C)(C)C)C(O)CF. The summed E-state index contributed by atoms with van der Waals surface area (Å²) in [5, 5.41) is 9.09. The number of aliphatic hydroxyl groups is 1. The molecule has 1 N–H and O–H groups in total. The van der Waals surface area contributed by atoms with E-state index in [9.17, 15) is 9.18 Å². The van der Waals surface area contributed by atoms with Crippen molar-refractivity contribution in [3.05, 3.63) is 0 Å². The van der Waals surface area contributed by atoms with Gasteiger partial charge in [0.25, 0.3) is 0 Å². The van der Waals surface area contributed by atoms with Gasteiger partial charge in [0.05, 0.1) is 12.5 Å². The van der Waals surface area contributed by atoms with Crippen LogP contribution in [0.3, 0.4) is 0 Å². The summed E-state index contributed by atoms with van der Waals surface area (Å²) in [5.41, 5.74) is -0.530. The summed E-state index contributed by atoms with van der Waals surface area (Å²) >= 11 is 0. The number of rotatable bonds is 4. The first kappa shape index (κ1) is 13.4. The predicted octanol–water partition coefficient (Wildman–Crippen LogP) is 1.68. The second-order valence-corrected chi connectivity index (χ2v) is 4.49. The van der Waals surface area contributed by atoms with Crippen LogP contribution in [-0.2, 0) is 9.53 Å². The number of aliphatic hydroxyl groups excluding tert-OH is 1. The Morgan fingerprint density at radius 1 is 1.50 bits per heavy atom. The number of alkyl halides is 1. The molecule has 0 aromatic rings. The Kier molecular flexibility index (Phi) is 5.05. The number of carbonyl (C=O) groups excluding carboxylic acids is 1. The molecule has 0 fully saturated rings. The molecule has 0 aliphatic heterocycles. The molecule has 0 heterocycles. The summed E-state index contributed by atoms with van der Waals surface area (Å²) in [4.78, 5) is 11.2. The largest absolute Gasteiger partial charge is 0.460 e. The first-order valence-electron chi connectivity index (χ1n) is 4.72. The monoisotopic (exact) mass is 206 g/mol. The standard InChI is InChI=1S/C10H19FO3/c1-7(8(12)6-11)5-9(13)14-10(2,3)4/h7-8,12H,5-6H2,1-4H3/t7-,8?/m1/s1. The lowest BCUT2D eigenvalue weighted by Gasteiger charge is -2.21. The molecular weight excluding hydrogens is 187 g/mol. The van der Waals surface area contributed by atoms with Crippen molar-refractivity contribution in [2.45, 2.75) is 45.8 Å². The number of hydrogen-bond acceptors (Lipinski definition) is 3. The third kappa shape index (κ3) is 5.91. The quantitative estimate of drug-likeness (QED) is 0.712. The summed E-state index contributed by atoms with van der Waals surface area (Å²) in [6, 6.07) is 0. The van der Waals surface area contributed by atoms with Crippen molar-refractivity contribution in [1.82, 2.24) is 0 Å². The van der Waals surface area contributed by atoms with Gasteiger partial charge in [-0.2, -0.15) is 0 Å². The molecule has 2 atom stereocenters. The molecule has 84 valence electrons. The molecule has 0 saturated carbocycles. The van der Waals surface area contributed by atoms with Crippen LogP contribution in [0.1, 0.15) is 34.1 Å². The van der Waals surface area contributed by atoms with Gasteiger partial charge >= 0.3 is 5.97 Å². The zero-order valence-corrected chi connectivity index (χ0v) is 9.21. The lowest BCUT2D eigenvalue weighted by Crippen LogP contribution is -2.28. The van der Waals surface area contributed by atoms with Gasteiger partial charge in [0.1, 0.15) is 12.3 Å². The van der Waals surface area contributed by atoms with Crippen LogP contribution in [0, 0.1) is 5.92 Å². The maximum atomic E-state index is 12.0. The minimum atomic E-state index is -1.08. The van der Waals surface area contributed by atoms with Crippen LogP contribution in [0.4, 0.5) is 4.39 Å². The van der Waals surface area contributed by atoms with E-state index in [0.29, 0.717) is 0 Å². The molecule has 0 saturated heterocycles. The molecule has 4 heteroatoms. The fourth-order valence-corrected chi connectivity index (χ4v) is 0.934. The normalized spacial score (nSPS) is 16.1. The van der Waals surface area contributed by atoms with E-state index in [4.69, 9.17) is 9.84 Å². The first-order valence-corrected chi connectivity index (χ1v) is 4.72. The minimum Gasteiger partial charge on any atom is -0.460 e. The molecule has 0 aliphatic carbocycles. The number of hydrogen-bond donors (Lipinski definition) is 1. The van der Waals surface area contributed by atoms with E-state index in [1.807, 2.05) is 0 Å². The van der Waals surface area contributed by atoms with Gasteiger partial charge in [-0.1, -0.05) is 6.92 Å². The Morgan fingerprint density at radius 3 is 2.36 bits per heavy atom. The Hall–Kier alpha value is -0.640. The number of ether oxygens (including phenoxy) is 1. The third-order valence-electron chi connectivity index (χ3n) is 1.72. The van der Waals surface area contributed by atoms with E-state index in [2.05, 4.69) is 0 Å². The van der Waals surface area contributed by atoms with Crippen LogP contribution in [-0.4, -0.2) is 29.5 Å². The summed E-state index contributed by atoms with van der Waals surface area (Å²) in [7, 11) is 0. The highest BCUT2D eigenvalue weighted by atomic mass is 19.1. The Balaban J connectivity index is 3.95. The van der Waals surface area contributed by atoms with E-state index >= 15 is 0 Å². The summed E-state index contributed by atoms with van der Waals surface area (Å²) in [6.45, 7) is 6.08. The van der Waals surface area contributed by atoms with Crippen molar-refractivity contribution >= 4 is 5.97 Å². The fraction of sp³-hybridized carbons (Fsp3) is 0.900. The Bertz CT molecular complexity index is 186. The average Bonchev–Trinajstić information content (AvgIpc) is 1.99. The van der Waals surface area contributed by atoms with Crippen molar-refractivity contribution < 1.29 is 19.0 Å². The first-order chi connectivity index (χ1) is 6.26. The molecule has 0 radical (unpaired) electrons. The number of halogens is 1. The van der Waals surface area contributed by atoms with Gasteiger partial charge in [-0.15, -0.1) is 0 Å². The molecule has 0 rings (SSSR count). The van der Waals surface area contributed by atoms with Crippen LogP contribution in [0.15, 0.2) is 0 Å². The van der Waals surface area contributed by atoms with E-state index in [1.165, 1.54) is 0 Å². The Morgan fingerprint density at radius 2 is 2.00 bits per heavy atom. The maximum absolute atomic E-state index is 12.0. The van der Waals surface area contributed by atoms with Gasteiger partial charge in [0, 0.05) is 0 Å². The highest BCUT2D eigenvalue weighted by molar-refractivity contribution is 5.70. The molecule has 0 aliphatic rings. The van der Waals surface area contributed by atoms with E-state index in [0.717, 1.165) is 0 Å². The molecule has 14 heavy (non-hydrogen) atoms. The molecule has 3 nitrogen and oxygen atoms in total. The van der Waals surface area contributed by atoms with Gasteiger partial charge in [-0.25, -0.2) is 4.39 Å². The van der Waals surface area contributed by atoms with Crippen molar-refractivity contribution in [2.24, 2.45) is 5.92 Å². The zero-order chi connectivity index (χ0) is 11.4. The number of esters is 1. The van der Waals surface area contributed by atoms with Crippen molar-refractivity contribution in [1.29, 1.82) is 0 Å². The highest BCUT2D eigenvalue weighted by Gasteiger charge is 2.22. The molecular formula is C10H19FO3. The van der Waals surface area contributed by atoms with Gasteiger partial charge in [-0.05, 0) is 26.7 Å². The van der Waals surface area contributed by atoms with Gasteiger partial charge in [0.15, 0.2) is 0 Å². The molecule has 0 amide bonds. The van der Waals surface area contributed by atoms with Crippen molar-refractivity contribution in [3.63, 3.8) is 0 Å². The topological polar surface area (TPSA) is 46.5 Å². The number of carbonyl (C=O) groups is 1. The summed E-state index contributed by atoms with van der Waals surface area (Å²) in [6.07, 6.45) is -1.04. The molecule has 0 aromatic heterocycles. The lowest BCUT2D eigenvalue weighted by molar-refractivity contribution is -0.156. The van der Waals surface area contributed by atoms with Crippen molar-refractivity contribution in [3.8, 4) is 0 Å². The van der Waals surface area contributed by atoms with Gasteiger partial charge < -0.3 is 9.84 Å². The van der Waals surface area contributed by atoms with Crippen molar-refractivity contribution in [2.75, 3.05) is 6.67 Å². The zero-order valence-electron chi connectivity index (χ0n) is 9.21. The van der Waals surface area contributed by atoms with Crippen LogP contribution in [0.5, 0.6) is 0 Å². The maximum Gasteiger partial charge on any atom is 0.306 e. The molecule has 0 bridgehead atoms. The predicted molar refractivity (Wildman–Crippen MR) is 51.6 cm³/mol. The highest BCUT2D eigenvalue weighted by Crippen LogP contribution is 2.14. The van der Waals surface area contributed by atoms with Crippen LogP contribution in [0.25, 0.3) is 0 Å². The second kappa shape index (κ2) is 5.29. The van der Waals surface area contributed by atoms with Gasteiger partial charge in [-0.3, -0.25) is 4.79 Å². The van der Waals surface area contributed by atoms with Crippen LogP contribution >= 0.6 is 0 Å². The summed E-state index contributed by atoms with van der Waals surface area (Å²) in [5.74, 6) is -0.813. The lowest BCUT2D eigenvalue weighted by atomic mass is 10.0. The van der Waals surface area contributed by atoms with Gasteiger partial charge in [0.2, 0.25) is 0 Å². The molecule has 0 aromatic carbocycles. The second-order valence-electron chi connectivity index (χ2n) is 4.49. The van der Waals surface area contributed by atoms with Crippen LogP contribution < -0.4 is 0 Å². The average molecular weight is 206 g/mol. The van der Waals surface area contributed by atoms with E-state index < -0.39 is 30.3 Å². The Labute approximate surface area is 84.3 Å². The van der Waals surface area contributed by atoms with E-state index in [-0.39, 0.29) is 6.42 Å². The smallest absolute Gasteiger partial charge is 0.306 e. The van der Waals surface area contributed by atoms with Crippen LogP contribution in [0.2, 0.25) is 0 Å². The van der Waals surface area contributed by atoms with E-state index in [1.54, 1.807) is 27.7 Å². The third-order valence-corrected chi connectivity index (χ3v) is 1.72. The molecule has 0 spiro atoms. The minimum absolute atomic E-state index is 0.0440.